The molecule has 0 aliphatic heterocycles. The molecule has 0 radical (unpaired) electrons. The van der Waals surface area contributed by atoms with Crippen LogP contribution >= 0.6 is 11.8 Å². The first-order valence-corrected chi connectivity index (χ1v) is 6.03. The zero-order valence-electron chi connectivity index (χ0n) is 8.83. The van der Waals surface area contributed by atoms with Crippen molar-refractivity contribution in [2.75, 3.05) is 19.4 Å². The Morgan fingerprint density at radius 1 is 1.47 bits per heavy atom. The number of hydrogen-bond acceptors (Lipinski definition) is 3. The monoisotopic (exact) mass is 229 g/mol. The van der Waals surface area contributed by atoms with Gasteiger partial charge in [0.25, 0.3) is 0 Å². The molecule has 0 aliphatic rings. The zero-order chi connectivity index (χ0) is 11.1. The first kappa shape index (κ1) is 12.3. The molecule has 0 bridgehead atoms. The topological polar surface area (TPSA) is 35.2 Å². The van der Waals surface area contributed by atoms with Gasteiger partial charge in [-0.1, -0.05) is 0 Å². The number of halogens is 1. The standard InChI is InChI=1S/C11H16FNOS/c1-14-11-4-3-10(12)7-9(11)8-15-6-2-5-13/h3-4,7H,2,5-6,8,13H2,1H3. The first-order valence-electron chi connectivity index (χ1n) is 4.88. The molecule has 0 unspecified atom stereocenters. The average Bonchev–Trinajstić information content (AvgIpc) is 2.25. The van der Waals surface area contributed by atoms with Gasteiger partial charge >= 0.3 is 0 Å². The van der Waals surface area contributed by atoms with Crippen LogP contribution in [0.15, 0.2) is 18.2 Å². The van der Waals surface area contributed by atoms with Crippen LogP contribution in [0.4, 0.5) is 4.39 Å². The van der Waals surface area contributed by atoms with Crippen LogP contribution < -0.4 is 10.5 Å². The molecule has 15 heavy (non-hydrogen) atoms. The zero-order valence-corrected chi connectivity index (χ0v) is 9.65. The van der Waals surface area contributed by atoms with Gasteiger partial charge in [0.1, 0.15) is 11.6 Å². The number of nitrogens with two attached hydrogens (primary N) is 1. The Morgan fingerprint density at radius 3 is 2.93 bits per heavy atom. The van der Waals surface area contributed by atoms with E-state index in [-0.39, 0.29) is 5.82 Å². The fourth-order valence-corrected chi connectivity index (χ4v) is 2.19. The number of rotatable bonds is 6. The van der Waals surface area contributed by atoms with E-state index in [2.05, 4.69) is 0 Å². The number of ether oxygens (including phenoxy) is 1. The molecule has 0 spiro atoms. The van der Waals surface area contributed by atoms with Crippen LogP contribution in [0.5, 0.6) is 5.75 Å². The van der Waals surface area contributed by atoms with E-state index in [1.54, 1.807) is 24.9 Å². The molecule has 2 N–H and O–H groups in total. The van der Waals surface area contributed by atoms with Crippen LogP contribution in [-0.4, -0.2) is 19.4 Å². The molecule has 0 atom stereocenters. The van der Waals surface area contributed by atoms with Crippen LogP contribution in [0.1, 0.15) is 12.0 Å². The number of hydrogen-bond donors (Lipinski definition) is 1. The summed E-state index contributed by atoms with van der Waals surface area (Å²) < 4.78 is 18.1. The van der Waals surface area contributed by atoms with Crippen molar-refractivity contribution in [3.05, 3.63) is 29.6 Å². The van der Waals surface area contributed by atoms with Gasteiger partial charge in [-0.25, -0.2) is 4.39 Å². The summed E-state index contributed by atoms with van der Waals surface area (Å²) in [5, 5.41) is 0. The van der Waals surface area contributed by atoms with E-state index >= 15 is 0 Å². The maximum atomic E-state index is 13.0. The Labute approximate surface area is 94.0 Å². The highest BCUT2D eigenvalue weighted by molar-refractivity contribution is 7.98. The summed E-state index contributed by atoms with van der Waals surface area (Å²) in [7, 11) is 1.60. The van der Waals surface area contributed by atoms with Crippen molar-refractivity contribution in [3.8, 4) is 5.75 Å². The lowest BCUT2D eigenvalue weighted by Gasteiger charge is -2.07. The van der Waals surface area contributed by atoms with Gasteiger partial charge in [-0.05, 0) is 36.9 Å². The van der Waals surface area contributed by atoms with Gasteiger partial charge in [-0.3, -0.25) is 0 Å². The second-order valence-electron chi connectivity index (χ2n) is 3.15. The highest BCUT2D eigenvalue weighted by Gasteiger charge is 2.04. The molecule has 0 fully saturated rings. The van der Waals surface area contributed by atoms with Crippen LogP contribution in [0.3, 0.4) is 0 Å². The van der Waals surface area contributed by atoms with E-state index in [0.717, 1.165) is 29.2 Å². The highest BCUT2D eigenvalue weighted by atomic mass is 32.2. The Bertz CT molecular complexity index is 307. The quantitative estimate of drug-likeness (QED) is 0.761. The molecule has 0 saturated heterocycles. The van der Waals surface area contributed by atoms with Crippen LogP contribution in [0.25, 0.3) is 0 Å². The smallest absolute Gasteiger partial charge is 0.123 e. The van der Waals surface area contributed by atoms with Gasteiger partial charge in [-0.15, -0.1) is 0 Å². The summed E-state index contributed by atoms with van der Waals surface area (Å²) in [4.78, 5) is 0. The van der Waals surface area contributed by atoms with Crippen LogP contribution in [0.2, 0.25) is 0 Å². The van der Waals surface area contributed by atoms with Crippen molar-refractivity contribution >= 4 is 11.8 Å². The van der Waals surface area contributed by atoms with Gasteiger partial charge in [0, 0.05) is 11.3 Å². The molecule has 0 aliphatic carbocycles. The van der Waals surface area contributed by atoms with Crippen LogP contribution in [0, 0.1) is 5.82 Å². The van der Waals surface area contributed by atoms with Crippen LogP contribution in [-0.2, 0) is 5.75 Å². The third kappa shape index (κ3) is 4.10. The van der Waals surface area contributed by atoms with Gasteiger partial charge in [0.05, 0.1) is 7.11 Å². The summed E-state index contributed by atoms with van der Waals surface area (Å²) >= 11 is 1.74. The molecule has 1 aromatic rings. The van der Waals surface area contributed by atoms with E-state index < -0.39 is 0 Å². The Hall–Kier alpha value is -0.740. The van der Waals surface area contributed by atoms with E-state index in [0.29, 0.717) is 6.54 Å². The van der Waals surface area contributed by atoms with Gasteiger partial charge in [-0.2, -0.15) is 11.8 Å². The summed E-state index contributed by atoms with van der Waals surface area (Å²) in [6.45, 7) is 0.702. The van der Waals surface area contributed by atoms with Crippen molar-refractivity contribution in [1.82, 2.24) is 0 Å². The molecule has 0 saturated carbocycles. The highest BCUT2D eigenvalue weighted by Crippen LogP contribution is 2.24. The molecule has 1 aromatic carbocycles. The molecule has 0 aromatic heterocycles. The molecule has 84 valence electrons. The minimum absolute atomic E-state index is 0.217. The van der Waals surface area contributed by atoms with Crippen molar-refractivity contribution in [3.63, 3.8) is 0 Å². The predicted octanol–water partition coefficient (Wildman–Crippen LogP) is 2.42. The fourth-order valence-electron chi connectivity index (χ4n) is 1.23. The summed E-state index contributed by atoms with van der Waals surface area (Å²) in [6, 6.07) is 4.59. The van der Waals surface area contributed by atoms with Gasteiger partial charge in [0.2, 0.25) is 0 Å². The van der Waals surface area contributed by atoms with Crippen molar-refractivity contribution in [2.24, 2.45) is 5.73 Å². The Kier molecular flexibility index (Phi) is 5.50. The molecule has 1 rings (SSSR count). The third-order valence-electron chi connectivity index (χ3n) is 1.99. The predicted molar refractivity (Wildman–Crippen MR) is 62.8 cm³/mol. The molecule has 2 nitrogen and oxygen atoms in total. The minimum Gasteiger partial charge on any atom is -0.496 e. The normalized spacial score (nSPS) is 10.3. The average molecular weight is 229 g/mol. The third-order valence-corrected chi connectivity index (χ3v) is 3.09. The maximum absolute atomic E-state index is 13.0. The van der Waals surface area contributed by atoms with Crippen molar-refractivity contribution in [2.45, 2.75) is 12.2 Å². The maximum Gasteiger partial charge on any atom is 0.123 e. The molecule has 4 heteroatoms. The molecule has 0 amide bonds. The lowest BCUT2D eigenvalue weighted by Crippen LogP contribution is -2.00. The second-order valence-corrected chi connectivity index (χ2v) is 4.26. The van der Waals surface area contributed by atoms with E-state index in [1.807, 2.05) is 0 Å². The minimum atomic E-state index is -0.217. The lowest BCUT2D eigenvalue weighted by molar-refractivity contribution is 0.410. The molecular formula is C11H16FNOS. The molecule has 0 heterocycles. The summed E-state index contributed by atoms with van der Waals surface area (Å²) in [5.74, 6) is 2.29. The Balaban J connectivity index is 2.54. The summed E-state index contributed by atoms with van der Waals surface area (Å²) in [5.41, 5.74) is 6.29. The molecular weight excluding hydrogens is 213 g/mol. The van der Waals surface area contributed by atoms with Gasteiger partial charge < -0.3 is 10.5 Å². The number of thioether (sulfide) groups is 1. The number of methoxy groups -OCH3 is 1. The fraction of sp³-hybridized carbons (Fsp3) is 0.455. The van der Waals surface area contributed by atoms with E-state index in [9.17, 15) is 4.39 Å². The largest absolute Gasteiger partial charge is 0.496 e. The van der Waals surface area contributed by atoms with Gasteiger partial charge in [0.15, 0.2) is 0 Å². The van der Waals surface area contributed by atoms with E-state index in [1.165, 1.54) is 12.1 Å². The van der Waals surface area contributed by atoms with E-state index in [4.69, 9.17) is 10.5 Å². The van der Waals surface area contributed by atoms with Crippen molar-refractivity contribution in [1.29, 1.82) is 0 Å². The number of benzene rings is 1. The lowest BCUT2D eigenvalue weighted by atomic mass is 10.2. The summed E-state index contributed by atoms with van der Waals surface area (Å²) in [6.07, 6.45) is 0.988. The Morgan fingerprint density at radius 2 is 2.27 bits per heavy atom. The second kappa shape index (κ2) is 6.69. The first-order chi connectivity index (χ1) is 7.27. The van der Waals surface area contributed by atoms with Crippen molar-refractivity contribution < 1.29 is 9.13 Å². The SMILES string of the molecule is COc1ccc(F)cc1CSCCCN.